The molecule has 116 valence electrons. The Morgan fingerprint density at radius 2 is 1.67 bits per heavy atom. The average Bonchev–Trinajstić information content (AvgIpc) is 3.22. The molecule has 21 heavy (non-hydrogen) atoms. The van der Waals surface area contributed by atoms with Crippen LogP contribution in [0.3, 0.4) is 0 Å². The monoisotopic (exact) mass is 292 g/mol. The topological polar surface area (TPSA) is 63.4 Å². The third kappa shape index (κ3) is 3.21. The zero-order chi connectivity index (χ0) is 14.1. The Balaban J connectivity index is 1.33. The number of anilines is 1. The molecule has 1 saturated carbocycles. The highest BCUT2D eigenvalue weighted by Crippen LogP contribution is 2.28. The van der Waals surface area contributed by atoms with Gasteiger partial charge in [-0.1, -0.05) is 5.16 Å². The highest BCUT2D eigenvalue weighted by atomic mass is 16.5. The maximum atomic E-state index is 5.49. The molecular weight excluding hydrogens is 268 g/mol. The van der Waals surface area contributed by atoms with Gasteiger partial charge in [-0.05, 0) is 38.5 Å². The fourth-order valence-corrected chi connectivity index (χ4v) is 3.30. The lowest BCUT2D eigenvalue weighted by molar-refractivity contribution is 0.0830. The Kier molecular flexibility index (Phi) is 3.82. The van der Waals surface area contributed by atoms with Crippen molar-refractivity contribution >= 4 is 6.01 Å². The molecule has 1 aromatic rings. The third-order valence-corrected chi connectivity index (χ3v) is 4.83. The first-order chi connectivity index (χ1) is 10.4. The van der Waals surface area contributed by atoms with Crippen molar-refractivity contribution in [3.8, 4) is 0 Å². The smallest absolute Gasteiger partial charge is 0.324 e. The van der Waals surface area contributed by atoms with Gasteiger partial charge in [0, 0.05) is 44.3 Å². The van der Waals surface area contributed by atoms with Crippen molar-refractivity contribution in [1.82, 2.24) is 15.5 Å². The zero-order valence-corrected chi connectivity index (χ0v) is 12.5. The van der Waals surface area contributed by atoms with Crippen molar-refractivity contribution in [2.75, 3.05) is 31.2 Å². The lowest BCUT2D eigenvalue weighted by Gasteiger charge is -2.31. The van der Waals surface area contributed by atoms with E-state index >= 15 is 0 Å². The van der Waals surface area contributed by atoms with Crippen LogP contribution in [0.4, 0.5) is 6.01 Å². The van der Waals surface area contributed by atoms with Gasteiger partial charge in [-0.3, -0.25) is 0 Å². The number of hydrogen-bond acceptors (Lipinski definition) is 6. The summed E-state index contributed by atoms with van der Waals surface area (Å²) in [6.45, 7) is 3.65. The molecule has 2 saturated heterocycles. The number of aromatic nitrogens is 2. The molecule has 6 nitrogen and oxygen atoms in total. The Morgan fingerprint density at radius 1 is 0.952 bits per heavy atom. The molecule has 2 aliphatic heterocycles. The van der Waals surface area contributed by atoms with Crippen LogP contribution < -0.4 is 10.2 Å². The molecular formula is C15H24N4O2. The third-order valence-electron chi connectivity index (χ3n) is 4.83. The van der Waals surface area contributed by atoms with Gasteiger partial charge in [0.1, 0.15) is 0 Å². The summed E-state index contributed by atoms with van der Waals surface area (Å²) in [7, 11) is 0. The second-order valence-electron chi connectivity index (χ2n) is 6.52. The molecule has 4 rings (SSSR count). The Labute approximate surface area is 125 Å². The molecule has 0 atom stereocenters. The largest absolute Gasteiger partial charge is 0.381 e. The van der Waals surface area contributed by atoms with Crippen molar-refractivity contribution in [2.24, 2.45) is 0 Å². The molecule has 1 aromatic heterocycles. The maximum Gasteiger partial charge on any atom is 0.324 e. The van der Waals surface area contributed by atoms with E-state index in [1.165, 1.54) is 25.7 Å². The molecule has 6 heteroatoms. The van der Waals surface area contributed by atoms with Crippen molar-refractivity contribution in [3.05, 3.63) is 5.82 Å². The summed E-state index contributed by atoms with van der Waals surface area (Å²) in [5, 5.41) is 7.91. The standard InChI is InChI=1S/C15H24N4O2/c1-2-12(1)16-13-3-7-19(8-4-13)15-17-14(18-21-15)11-5-9-20-10-6-11/h11-13,16H,1-10H2. The van der Waals surface area contributed by atoms with Crippen LogP contribution in [-0.2, 0) is 4.74 Å². The fraction of sp³-hybridized carbons (Fsp3) is 0.867. The van der Waals surface area contributed by atoms with E-state index in [0.29, 0.717) is 18.0 Å². The molecule has 0 spiro atoms. The number of ether oxygens (including phenoxy) is 1. The second kappa shape index (κ2) is 5.93. The van der Waals surface area contributed by atoms with Gasteiger partial charge in [0.2, 0.25) is 0 Å². The first kappa shape index (κ1) is 13.5. The summed E-state index contributed by atoms with van der Waals surface area (Å²) in [5.74, 6) is 1.27. The highest BCUT2D eigenvalue weighted by Gasteiger charge is 2.29. The van der Waals surface area contributed by atoms with Gasteiger partial charge in [0.05, 0.1) is 0 Å². The number of hydrogen-bond donors (Lipinski definition) is 1. The Morgan fingerprint density at radius 3 is 2.38 bits per heavy atom. The summed E-state index contributed by atoms with van der Waals surface area (Å²) in [6.07, 6.45) is 7.08. The average molecular weight is 292 g/mol. The minimum Gasteiger partial charge on any atom is -0.381 e. The van der Waals surface area contributed by atoms with Gasteiger partial charge in [-0.25, -0.2) is 0 Å². The van der Waals surface area contributed by atoms with Gasteiger partial charge >= 0.3 is 6.01 Å². The van der Waals surface area contributed by atoms with E-state index in [4.69, 9.17) is 9.26 Å². The van der Waals surface area contributed by atoms with Gasteiger partial charge < -0.3 is 19.5 Å². The van der Waals surface area contributed by atoms with E-state index in [1.54, 1.807) is 0 Å². The van der Waals surface area contributed by atoms with Gasteiger partial charge in [0.25, 0.3) is 0 Å². The van der Waals surface area contributed by atoms with Crippen molar-refractivity contribution < 1.29 is 9.26 Å². The molecule has 3 heterocycles. The van der Waals surface area contributed by atoms with E-state index in [1.807, 2.05) is 0 Å². The molecule has 0 amide bonds. The first-order valence-corrected chi connectivity index (χ1v) is 8.31. The molecule has 1 aliphatic carbocycles. The van der Waals surface area contributed by atoms with Crippen LogP contribution in [-0.4, -0.2) is 48.5 Å². The number of piperidine rings is 1. The van der Waals surface area contributed by atoms with Crippen LogP contribution in [0.15, 0.2) is 4.52 Å². The summed E-state index contributed by atoms with van der Waals surface area (Å²) in [4.78, 5) is 6.87. The van der Waals surface area contributed by atoms with E-state index in [9.17, 15) is 0 Å². The van der Waals surface area contributed by atoms with E-state index in [2.05, 4.69) is 20.4 Å². The first-order valence-electron chi connectivity index (χ1n) is 8.31. The SMILES string of the molecule is C1CC(c2noc(N3CCC(NC4CC4)CC3)n2)CCO1. The summed E-state index contributed by atoms with van der Waals surface area (Å²) in [5.41, 5.74) is 0. The fourth-order valence-electron chi connectivity index (χ4n) is 3.30. The summed E-state index contributed by atoms with van der Waals surface area (Å²) in [6, 6.07) is 2.18. The number of nitrogens with zero attached hydrogens (tertiary/aromatic N) is 3. The van der Waals surface area contributed by atoms with Gasteiger partial charge in [0.15, 0.2) is 5.82 Å². The maximum absolute atomic E-state index is 5.49. The summed E-state index contributed by atoms with van der Waals surface area (Å²) >= 11 is 0. The van der Waals surface area contributed by atoms with Crippen LogP contribution >= 0.6 is 0 Å². The molecule has 0 bridgehead atoms. The van der Waals surface area contributed by atoms with Crippen LogP contribution in [0.1, 0.15) is 50.3 Å². The predicted molar refractivity (Wildman–Crippen MR) is 78.5 cm³/mol. The number of nitrogens with one attached hydrogen (secondary N) is 1. The minimum atomic E-state index is 0.408. The van der Waals surface area contributed by atoms with Crippen LogP contribution in [0.5, 0.6) is 0 Å². The van der Waals surface area contributed by atoms with Crippen LogP contribution in [0.25, 0.3) is 0 Å². The van der Waals surface area contributed by atoms with Crippen molar-refractivity contribution in [2.45, 2.75) is 56.5 Å². The van der Waals surface area contributed by atoms with Crippen LogP contribution in [0.2, 0.25) is 0 Å². The van der Waals surface area contributed by atoms with Gasteiger partial charge in [-0.2, -0.15) is 4.98 Å². The van der Waals surface area contributed by atoms with E-state index in [0.717, 1.165) is 51.0 Å². The van der Waals surface area contributed by atoms with Crippen molar-refractivity contribution in [3.63, 3.8) is 0 Å². The molecule has 0 aromatic carbocycles. The zero-order valence-electron chi connectivity index (χ0n) is 12.5. The second-order valence-corrected chi connectivity index (χ2v) is 6.52. The minimum absolute atomic E-state index is 0.408. The molecule has 3 aliphatic rings. The lowest BCUT2D eigenvalue weighted by atomic mass is 10.00. The summed E-state index contributed by atoms with van der Waals surface area (Å²) < 4.78 is 10.9. The molecule has 1 N–H and O–H groups in total. The Bertz CT molecular complexity index is 460. The molecule has 3 fully saturated rings. The molecule has 0 radical (unpaired) electrons. The Hall–Kier alpha value is -1.14. The number of rotatable bonds is 4. The molecule has 0 unspecified atom stereocenters. The normalized spacial score (nSPS) is 25.4. The lowest BCUT2D eigenvalue weighted by Crippen LogP contribution is -2.43. The van der Waals surface area contributed by atoms with Crippen molar-refractivity contribution in [1.29, 1.82) is 0 Å². The van der Waals surface area contributed by atoms with E-state index in [-0.39, 0.29) is 0 Å². The van der Waals surface area contributed by atoms with Gasteiger partial charge in [-0.15, -0.1) is 0 Å². The van der Waals surface area contributed by atoms with E-state index < -0.39 is 0 Å². The predicted octanol–water partition coefficient (Wildman–Crippen LogP) is 1.68. The highest BCUT2D eigenvalue weighted by molar-refractivity contribution is 5.26. The van der Waals surface area contributed by atoms with Crippen LogP contribution in [0, 0.1) is 0 Å². The quantitative estimate of drug-likeness (QED) is 0.911.